The molecule has 0 aliphatic carbocycles. The predicted molar refractivity (Wildman–Crippen MR) is 88.5 cm³/mol. The van der Waals surface area contributed by atoms with E-state index in [9.17, 15) is 10.0 Å². The van der Waals surface area contributed by atoms with Gasteiger partial charge >= 0.3 is 0 Å². The van der Waals surface area contributed by atoms with Crippen molar-refractivity contribution in [2.24, 2.45) is 5.10 Å². The molecule has 2 aromatic carbocycles. The van der Waals surface area contributed by atoms with Crippen molar-refractivity contribution in [1.29, 1.82) is 0 Å². The monoisotopic (exact) mass is 352 g/mol. The van der Waals surface area contributed by atoms with E-state index in [4.69, 9.17) is 9.47 Å². The third-order valence-corrected chi connectivity index (χ3v) is 3.68. The summed E-state index contributed by atoms with van der Waals surface area (Å²) in [6, 6.07) is 13.8. The summed E-state index contributed by atoms with van der Waals surface area (Å²) in [7, 11) is 0. The van der Waals surface area contributed by atoms with Gasteiger partial charge in [-0.3, -0.25) is 9.42 Å². The zero-order valence-corrected chi connectivity index (χ0v) is 13.3. The van der Waals surface area contributed by atoms with Gasteiger partial charge in [-0.2, -0.15) is 5.10 Å². The summed E-state index contributed by atoms with van der Waals surface area (Å²) in [6.07, 6.45) is 1.18. The standard InChI is InChI=1S/C17H12N4O5/c22-17(12-6-7-14-15(8-12)25-10-24-14)19-18-9-13-16(20-26-21(13)23)11-4-2-1-3-5-11/h1-9H,10H2,(H,19,22)/b18-9+. The maximum Gasteiger partial charge on any atom is 0.271 e. The molecule has 4 rings (SSSR count). The van der Waals surface area contributed by atoms with Crippen LogP contribution in [0.25, 0.3) is 11.3 Å². The molecule has 1 N–H and O–H groups in total. The van der Waals surface area contributed by atoms with Crippen molar-refractivity contribution in [3.05, 3.63) is 65.0 Å². The van der Waals surface area contributed by atoms with Crippen molar-refractivity contribution in [3.63, 3.8) is 0 Å². The number of benzene rings is 2. The number of fused-ring (bicyclic) bond motifs is 1. The minimum atomic E-state index is -0.463. The molecule has 0 spiro atoms. The third-order valence-electron chi connectivity index (χ3n) is 3.68. The van der Waals surface area contributed by atoms with Crippen LogP contribution in [0.2, 0.25) is 0 Å². The van der Waals surface area contributed by atoms with E-state index in [0.29, 0.717) is 28.3 Å². The molecular weight excluding hydrogens is 340 g/mol. The molecule has 9 nitrogen and oxygen atoms in total. The molecule has 1 amide bonds. The largest absolute Gasteiger partial charge is 0.454 e. The lowest BCUT2D eigenvalue weighted by molar-refractivity contribution is -0.803. The number of carbonyl (C=O) groups is 1. The van der Waals surface area contributed by atoms with Crippen LogP contribution in [0, 0.1) is 5.21 Å². The molecule has 1 aliphatic rings. The first-order valence-corrected chi connectivity index (χ1v) is 7.60. The van der Waals surface area contributed by atoms with E-state index < -0.39 is 5.91 Å². The minimum absolute atomic E-state index is 0.0715. The van der Waals surface area contributed by atoms with E-state index >= 15 is 0 Å². The number of hydrogen-bond acceptors (Lipinski definition) is 7. The number of aromatic nitrogens is 2. The molecule has 0 fully saturated rings. The van der Waals surface area contributed by atoms with Crippen molar-refractivity contribution < 1.29 is 23.8 Å². The van der Waals surface area contributed by atoms with E-state index in [1.807, 2.05) is 18.2 Å². The maximum absolute atomic E-state index is 12.2. The van der Waals surface area contributed by atoms with E-state index in [1.165, 1.54) is 6.21 Å². The van der Waals surface area contributed by atoms with Gasteiger partial charge in [0.1, 0.15) is 6.21 Å². The van der Waals surface area contributed by atoms with Gasteiger partial charge in [-0.05, 0) is 23.1 Å². The second kappa shape index (κ2) is 6.55. The van der Waals surface area contributed by atoms with Crippen LogP contribution in [0.15, 0.2) is 58.3 Å². The second-order valence-electron chi connectivity index (χ2n) is 5.30. The topological polar surface area (TPSA) is 113 Å². The highest BCUT2D eigenvalue weighted by Gasteiger charge is 2.19. The SMILES string of the molecule is O=C(N/N=C/c1c(-c2ccccc2)no[n+]1[O-])c1ccc2c(c1)OCO2. The molecular formula is C17H12N4O5. The van der Waals surface area contributed by atoms with E-state index in [2.05, 4.69) is 20.3 Å². The van der Waals surface area contributed by atoms with Crippen LogP contribution in [0.5, 0.6) is 11.5 Å². The van der Waals surface area contributed by atoms with Crippen molar-refractivity contribution in [2.45, 2.75) is 0 Å². The van der Waals surface area contributed by atoms with Gasteiger partial charge in [0.25, 0.3) is 11.6 Å². The fraction of sp³-hybridized carbons (Fsp3) is 0.0588. The lowest BCUT2D eigenvalue weighted by atomic mass is 10.1. The average Bonchev–Trinajstić information content (AvgIpc) is 3.28. The summed E-state index contributed by atoms with van der Waals surface area (Å²) in [5.74, 6) is 0.605. The first-order chi connectivity index (χ1) is 12.7. The van der Waals surface area contributed by atoms with Crippen LogP contribution >= 0.6 is 0 Å². The predicted octanol–water partition coefficient (Wildman–Crippen LogP) is 1.47. The zero-order valence-electron chi connectivity index (χ0n) is 13.3. The quantitative estimate of drug-likeness (QED) is 0.432. The number of hydrogen-bond donors (Lipinski definition) is 1. The van der Waals surface area contributed by atoms with Gasteiger partial charge in [0, 0.05) is 16.3 Å². The zero-order chi connectivity index (χ0) is 17.9. The van der Waals surface area contributed by atoms with Gasteiger partial charge < -0.3 is 14.7 Å². The second-order valence-corrected chi connectivity index (χ2v) is 5.30. The van der Waals surface area contributed by atoms with Gasteiger partial charge in [-0.15, -0.1) is 0 Å². The molecule has 0 unspecified atom stereocenters. The summed E-state index contributed by atoms with van der Waals surface area (Å²) in [5, 5.41) is 19.3. The molecule has 9 heteroatoms. The molecule has 0 saturated carbocycles. The van der Waals surface area contributed by atoms with E-state index in [1.54, 1.807) is 30.3 Å². The summed E-state index contributed by atoms with van der Waals surface area (Å²) in [6.45, 7) is 0.123. The van der Waals surface area contributed by atoms with Crippen LogP contribution in [0.3, 0.4) is 0 Å². The van der Waals surface area contributed by atoms with Crippen LogP contribution in [0.4, 0.5) is 0 Å². The summed E-state index contributed by atoms with van der Waals surface area (Å²) >= 11 is 0. The van der Waals surface area contributed by atoms with Crippen molar-refractivity contribution in [3.8, 4) is 22.8 Å². The Balaban J connectivity index is 1.51. The highest BCUT2D eigenvalue weighted by Crippen LogP contribution is 2.32. The van der Waals surface area contributed by atoms with E-state index in [-0.39, 0.29) is 17.4 Å². The number of nitrogens with one attached hydrogen (secondary N) is 1. The normalized spacial score (nSPS) is 12.5. The molecule has 1 aliphatic heterocycles. The fourth-order valence-electron chi connectivity index (χ4n) is 2.41. The fourth-order valence-corrected chi connectivity index (χ4v) is 2.41. The highest BCUT2D eigenvalue weighted by atomic mass is 16.8. The molecule has 0 atom stereocenters. The van der Waals surface area contributed by atoms with Gasteiger partial charge in [0.05, 0.1) is 0 Å². The van der Waals surface area contributed by atoms with Crippen molar-refractivity contribution in [1.82, 2.24) is 10.6 Å². The van der Waals surface area contributed by atoms with E-state index in [0.717, 1.165) is 0 Å². The van der Waals surface area contributed by atoms with Crippen molar-refractivity contribution >= 4 is 12.1 Å². The number of hydrazone groups is 1. The number of amides is 1. The molecule has 1 aromatic heterocycles. The number of rotatable bonds is 4. The Morgan fingerprint density at radius 3 is 2.85 bits per heavy atom. The molecule has 0 bridgehead atoms. The lowest BCUT2D eigenvalue weighted by Crippen LogP contribution is -2.28. The van der Waals surface area contributed by atoms with Crippen molar-refractivity contribution in [2.75, 3.05) is 6.79 Å². The van der Waals surface area contributed by atoms with Crippen LogP contribution < -0.4 is 19.8 Å². The first kappa shape index (κ1) is 15.6. The number of ether oxygens (including phenoxy) is 2. The number of carbonyl (C=O) groups excluding carboxylic acids is 1. The Kier molecular flexibility index (Phi) is 3.94. The molecule has 0 saturated heterocycles. The van der Waals surface area contributed by atoms with Crippen LogP contribution in [-0.2, 0) is 0 Å². The summed E-state index contributed by atoms with van der Waals surface area (Å²) < 4.78 is 15.0. The lowest BCUT2D eigenvalue weighted by Gasteiger charge is -2.01. The molecule has 130 valence electrons. The highest BCUT2D eigenvalue weighted by molar-refractivity contribution is 5.95. The Morgan fingerprint density at radius 2 is 2.00 bits per heavy atom. The Bertz CT molecular complexity index is 984. The molecule has 0 radical (unpaired) electrons. The Hall–Kier alpha value is -3.88. The van der Waals surface area contributed by atoms with Gasteiger partial charge in [-0.1, -0.05) is 30.3 Å². The maximum atomic E-state index is 12.2. The molecule has 3 aromatic rings. The first-order valence-electron chi connectivity index (χ1n) is 7.60. The number of nitrogens with zero attached hydrogens (tertiary/aromatic N) is 3. The average molecular weight is 352 g/mol. The molecule has 2 heterocycles. The van der Waals surface area contributed by atoms with Gasteiger partial charge in [0.15, 0.2) is 11.5 Å². The smallest absolute Gasteiger partial charge is 0.271 e. The Morgan fingerprint density at radius 1 is 1.19 bits per heavy atom. The van der Waals surface area contributed by atoms with Gasteiger partial charge in [0.2, 0.25) is 12.5 Å². The summed E-state index contributed by atoms with van der Waals surface area (Å²) in [5.41, 5.74) is 3.77. The third kappa shape index (κ3) is 2.93. The van der Waals surface area contributed by atoms with Crippen LogP contribution in [-0.4, -0.2) is 24.1 Å². The minimum Gasteiger partial charge on any atom is -0.454 e. The van der Waals surface area contributed by atoms with Crippen LogP contribution in [0.1, 0.15) is 16.1 Å². The Labute approximate surface area is 147 Å². The summed E-state index contributed by atoms with van der Waals surface area (Å²) in [4.78, 5) is 12.4. The van der Waals surface area contributed by atoms with Gasteiger partial charge in [-0.25, -0.2) is 5.43 Å². The molecule has 26 heavy (non-hydrogen) atoms.